The number of rotatable bonds is 5. The van der Waals surface area contributed by atoms with Crippen molar-refractivity contribution in [1.82, 2.24) is 4.90 Å². The van der Waals surface area contributed by atoms with E-state index < -0.39 is 0 Å². The summed E-state index contributed by atoms with van der Waals surface area (Å²) in [5.41, 5.74) is 6.40. The Bertz CT molecular complexity index is 393. The third-order valence-corrected chi connectivity index (χ3v) is 5.14. The number of aryl methyl sites for hydroxylation is 1. The molecule has 19 heavy (non-hydrogen) atoms. The zero-order chi connectivity index (χ0) is 13.8. The van der Waals surface area contributed by atoms with Crippen LogP contribution in [0.5, 0.6) is 0 Å². The minimum absolute atomic E-state index is 0.202. The normalized spacial score (nSPS) is 24.3. The summed E-state index contributed by atoms with van der Waals surface area (Å²) in [6.07, 6.45) is 3.75. The van der Waals surface area contributed by atoms with Crippen molar-refractivity contribution in [3.05, 3.63) is 21.9 Å². The highest BCUT2D eigenvalue weighted by atomic mass is 32.1. The monoisotopic (exact) mass is 282 g/mol. The first-order valence-electron chi connectivity index (χ1n) is 7.24. The Kier molecular flexibility index (Phi) is 5.39. The highest BCUT2D eigenvalue weighted by Gasteiger charge is 2.31. The van der Waals surface area contributed by atoms with E-state index in [-0.39, 0.29) is 6.04 Å². The van der Waals surface area contributed by atoms with Crippen LogP contribution in [0.2, 0.25) is 0 Å². The van der Waals surface area contributed by atoms with E-state index >= 15 is 0 Å². The van der Waals surface area contributed by atoms with Crippen molar-refractivity contribution in [1.29, 1.82) is 0 Å². The molecule has 0 bridgehead atoms. The number of nitrogens with two attached hydrogens (primary N) is 1. The average Bonchev–Trinajstić information content (AvgIpc) is 2.85. The van der Waals surface area contributed by atoms with E-state index in [0.29, 0.717) is 12.1 Å². The number of thiophene rings is 1. The van der Waals surface area contributed by atoms with Crippen LogP contribution in [0.3, 0.4) is 0 Å². The largest absolute Gasteiger partial charge is 0.380 e. The predicted molar refractivity (Wildman–Crippen MR) is 81.7 cm³/mol. The van der Waals surface area contributed by atoms with Gasteiger partial charge in [-0.2, -0.15) is 0 Å². The number of hydrogen-bond donors (Lipinski definition) is 1. The smallest absolute Gasteiger partial charge is 0.0698 e. The van der Waals surface area contributed by atoms with Crippen LogP contribution in [0.15, 0.2) is 12.1 Å². The zero-order valence-corrected chi connectivity index (χ0v) is 13.1. The first kappa shape index (κ1) is 15.0. The molecule has 1 aromatic heterocycles. The average molecular weight is 282 g/mol. The van der Waals surface area contributed by atoms with E-state index in [1.54, 1.807) is 0 Å². The second kappa shape index (κ2) is 6.84. The van der Waals surface area contributed by atoms with E-state index in [4.69, 9.17) is 10.5 Å². The Hall–Kier alpha value is -0.420. The van der Waals surface area contributed by atoms with Gasteiger partial charge in [0.1, 0.15) is 0 Å². The van der Waals surface area contributed by atoms with Crippen molar-refractivity contribution in [2.75, 3.05) is 20.2 Å². The molecule has 1 fully saturated rings. The molecule has 3 unspecified atom stereocenters. The standard InChI is InChI=1S/C15H26N2OS/c1-4-13(16)15(14-8-7-11(2)19-14)17-9-5-6-12(10-17)18-3/h7-8,12-13,15H,4-6,9-10,16H2,1-3H3. The maximum atomic E-state index is 6.40. The van der Waals surface area contributed by atoms with Crippen LogP contribution in [0, 0.1) is 6.92 Å². The van der Waals surface area contributed by atoms with Crippen molar-refractivity contribution >= 4 is 11.3 Å². The number of ether oxygens (including phenoxy) is 1. The van der Waals surface area contributed by atoms with E-state index in [2.05, 4.69) is 30.9 Å². The molecule has 0 amide bonds. The van der Waals surface area contributed by atoms with Gasteiger partial charge in [-0.3, -0.25) is 4.90 Å². The maximum absolute atomic E-state index is 6.40. The minimum Gasteiger partial charge on any atom is -0.380 e. The molecule has 2 heterocycles. The third-order valence-electron chi connectivity index (χ3n) is 4.07. The lowest BCUT2D eigenvalue weighted by molar-refractivity contribution is 0.00968. The van der Waals surface area contributed by atoms with Crippen molar-refractivity contribution in [3.63, 3.8) is 0 Å². The van der Waals surface area contributed by atoms with Gasteiger partial charge in [-0.15, -0.1) is 11.3 Å². The zero-order valence-electron chi connectivity index (χ0n) is 12.3. The number of piperidine rings is 1. The predicted octanol–water partition coefficient (Wildman–Crippen LogP) is 2.95. The first-order chi connectivity index (χ1) is 9.15. The fourth-order valence-electron chi connectivity index (χ4n) is 2.91. The molecular weight excluding hydrogens is 256 g/mol. The van der Waals surface area contributed by atoms with E-state index in [1.165, 1.54) is 22.6 Å². The molecule has 3 atom stereocenters. The van der Waals surface area contributed by atoms with Crippen LogP contribution in [0.25, 0.3) is 0 Å². The lowest BCUT2D eigenvalue weighted by Crippen LogP contribution is -2.47. The van der Waals surface area contributed by atoms with E-state index in [1.807, 2.05) is 18.4 Å². The van der Waals surface area contributed by atoms with Gasteiger partial charge in [0.2, 0.25) is 0 Å². The molecule has 3 nitrogen and oxygen atoms in total. The Balaban J connectivity index is 2.17. The molecule has 1 saturated heterocycles. The molecular formula is C15H26N2OS. The molecule has 0 aliphatic carbocycles. The highest BCUT2D eigenvalue weighted by Crippen LogP contribution is 2.33. The summed E-state index contributed by atoms with van der Waals surface area (Å²) in [5.74, 6) is 0. The van der Waals surface area contributed by atoms with Crippen LogP contribution < -0.4 is 5.73 Å². The molecule has 1 aromatic rings. The summed E-state index contributed by atoms with van der Waals surface area (Å²) >= 11 is 1.88. The maximum Gasteiger partial charge on any atom is 0.0698 e. The van der Waals surface area contributed by atoms with Gasteiger partial charge in [-0.05, 0) is 44.9 Å². The van der Waals surface area contributed by atoms with Gasteiger partial charge < -0.3 is 10.5 Å². The Morgan fingerprint density at radius 2 is 2.32 bits per heavy atom. The first-order valence-corrected chi connectivity index (χ1v) is 8.06. The SMILES string of the molecule is CCC(N)C(c1ccc(C)s1)N1CCCC(OC)C1. The summed E-state index contributed by atoms with van der Waals surface area (Å²) in [5, 5.41) is 0. The topological polar surface area (TPSA) is 38.5 Å². The molecule has 4 heteroatoms. The van der Waals surface area contributed by atoms with Gasteiger partial charge in [0, 0.05) is 29.5 Å². The molecule has 1 aliphatic heterocycles. The number of methoxy groups -OCH3 is 1. The summed E-state index contributed by atoms with van der Waals surface area (Å²) in [6, 6.07) is 5.00. The fourth-order valence-corrected chi connectivity index (χ4v) is 4.00. The lowest BCUT2D eigenvalue weighted by atomic mass is 9.98. The molecule has 2 rings (SSSR count). The Morgan fingerprint density at radius 1 is 1.53 bits per heavy atom. The molecule has 1 aliphatic rings. The van der Waals surface area contributed by atoms with Crippen LogP contribution in [0.4, 0.5) is 0 Å². The molecule has 108 valence electrons. The third kappa shape index (κ3) is 3.57. The van der Waals surface area contributed by atoms with Crippen molar-refractivity contribution in [2.45, 2.75) is 51.3 Å². The molecule has 0 aromatic carbocycles. The highest BCUT2D eigenvalue weighted by molar-refractivity contribution is 7.12. The van der Waals surface area contributed by atoms with Crippen molar-refractivity contribution in [3.8, 4) is 0 Å². The number of nitrogens with zero attached hydrogens (tertiary/aromatic N) is 1. The molecule has 2 N–H and O–H groups in total. The summed E-state index contributed by atoms with van der Waals surface area (Å²) in [7, 11) is 1.82. The quantitative estimate of drug-likeness (QED) is 0.902. The van der Waals surface area contributed by atoms with Crippen LogP contribution in [0.1, 0.15) is 42.0 Å². The summed E-state index contributed by atoms with van der Waals surface area (Å²) < 4.78 is 5.55. The second-order valence-electron chi connectivity index (χ2n) is 5.46. The van der Waals surface area contributed by atoms with Crippen molar-refractivity contribution < 1.29 is 4.74 Å². The van der Waals surface area contributed by atoms with Crippen LogP contribution in [-0.4, -0.2) is 37.2 Å². The second-order valence-corrected chi connectivity index (χ2v) is 6.78. The number of hydrogen-bond acceptors (Lipinski definition) is 4. The van der Waals surface area contributed by atoms with Crippen LogP contribution >= 0.6 is 11.3 Å². The molecule has 0 radical (unpaired) electrons. The Morgan fingerprint density at radius 3 is 2.89 bits per heavy atom. The molecule has 0 spiro atoms. The van der Waals surface area contributed by atoms with E-state index in [0.717, 1.165) is 19.5 Å². The Labute approximate surface area is 120 Å². The van der Waals surface area contributed by atoms with Gasteiger partial charge in [-0.1, -0.05) is 6.92 Å². The van der Waals surface area contributed by atoms with Crippen molar-refractivity contribution in [2.24, 2.45) is 5.73 Å². The molecule has 0 saturated carbocycles. The van der Waals surface area contributed by atoms with Gasteiger partial charge in [0.25, 0.3) is 0 Å². The van der Waals surface area contributed by atoms with Gasteiger partial charge >= 0.3 is 0 Å². The summed E-state index contributed by atoms with van der Waals surface area (Å²) in [6.45, 7) is 6.48. The minimum atomic E-state index is 0.202. The fraction of sp³-hybridized carbons (Fsp3) is 0.733. The summed E-state index contributed by atoms with van der Waals surface area (Å²) in [4.78, 5) is 5.30. The number of likely N-dealkylation sites (tertiary alicyclic amines) is 1. The van der Waals surface area contributed by atoms with Gasteiger partial charge in [0.15, 0.2) is 0 Å². The van der Waals surface area contributed by atoms with E-state index in [9.17, 15) is 0 Å². The van der Waals surface area contributed by atoms with Crippen LogP contribution in [-0.2, 0) is 4.74 Å². The van der Waals surface area contributed by atoms with Gasteiger partial charge in [-0.25, -0.2) is 0 Å². The van der Waals surface area contributed by atoms with Gasteiger partial charge in [0.05, 0.1) is 12.1 Å². The lowest BCUT2D eigenvalue weighted by Gasteiger charge is -2.39.